The summed E-state index contributed by atoms with van der Waals surface area (Å²) in [5.74, 6) is 0. The van der Waals surface area contributed by atoms with Gasteiger partial charge in [0.05, 0.1) is 0 Å². The number of allylic oxidation sites excluding steroid dienone is 4. The molecule has 0 spiro atoms. The summed E-state index contributed by atoms with van der Waals surface area (Å²) in [6.45, 7) is 4.74. The summed E-state index contributed by atoms with van der Waals surface area (Å²) in [7, 11) is 0. The molecule has 0 aromatic heterocycles. The van der Waals surface area contributed by atoms with Crippen molar-refractivity contribution in [2.45, 2.75) is 30.9 Å². The van der Waals surface area contributed by atoms with Crippen LogP contribution in [0.25, 0.3) is 0 Å². The zero-order valence-corrected chi connectivity index (χ0v) is 10.6. The lowest BCUT2D eigenvalue weighted by Gasteiger charge is -2.31. The molecule has 1 aliphatic heterocycles. The summed E-state index contributed by atoms with van der Waals surface area (Å²) in [5, 5.41) is 0.643. The molecule has 1 heteroatoms. The molecule has 3 rings (SSSR count). The average molecular weight is 228 g/mol. The van der Waals surface area contributed by atoms with Gasteiger partial charge < -0.3 is 0 Å². The quantitative estimate of drug-likeness (QED) is 0.691. The van der Waals surface area contributed by atoms with Gasteiger partial charge in [0, 0.05) is 10.7 Å². The molecular weight excluding hydrogens is 212 g/mol. The molecule has 0 radical (unpaired) electrons. The Morgan fingerprint density at radius 1 is 1.25 bits per heavy atom. The molecule has 1 aromatic carbocycles. The number of benzene rings is 1. The summed E-state index contributed by atoms with van der Waals surface area (Å²) in [6.07, 6.45) is 5.77. The molecule has 0 nitrogen and oxygen atoms in total. The van der Waals surface area contributed by atoms with Crippen molar-refractivity contribution in [3.05, 3.63) is 58.5 Å². The molecule has 2 unspecified atom stereocenters. The Kier molecular flexibility index (Phi) is 2.25. The molecule has 1 heterocycles. The maximum atomic E-state index is 2.39. The van der Waals surface area contributed by atoms with Crippen LogP contribution in [0.1, 0.15) is 25.8 Å². The highest BCUT2D eigenvalue weighted by atomic mass is 32.2. The third kappa shape index (κ3) is 1.24. The maximum absolute atomic E-state index is 2.39. The predicted molar refractivity (Wildman–Crippen MR) is 71.6 cm³/mol. The molecule has 2 aliphatic rings. The van der Waals surface area contributed by atoms with Crippen LogP contribution in [-0.2, 0) is 5.41 Å². The minimum absolute atomic E-state index is 0.203. The second-order valence-corrected chi connectivity index (χ2v) is 6.21. The van der Waals surface area contributed by atoms with Crippen LogP contribution in [0.2, 0.25) is 0 Å². The van der Waals surface area contributed by atoms with Gasteiger partial charge in [0.25, 0.3) is 0 Å². The molecule has 0 saturated heterocycles. The first-order chi connectivity index (χ1) is 7.73. The molecule has 2 atom stereocenters. The van der Waals surface area contributed by atoms with E-state index in [2.05, 4.69) is 68.1 Å². The van der Waals surface area contributed by atoms with E-state index >= 15 is 0 Å². The van der Waals surface area contributed by atoms with Crippen molar-refractivity contribution in [2.24, 2.45) is 0 Å². The first kappa shape index (κ1) is 10.2. The molecule has 0 fully saturated rings. The zero-order chi connectivity index (χ0) is 11.2. The van der Waals surface area contributed by atoms with Gasteiger partial charge >= 0.3 is 0 Å². The van der Waals surface area contributed by atoms with Crippen LogP contribution in [0.4, 0.5) is 0 Å². The fourth-order valence-corrected chi connectivity index (χ4v) is 4.31. The van der Waals surface area contributed by atoms with Crippen LogP contribution >= 0.6 is 11.8 Å². The fraction of sp³-hybridized carbons (Fsp3) is 0.333. The summed E-state index contributed by atoms with van der Waals surface area (Å²) in [4.78, 5) is 1.58. The highest BCUT2D eigenvalue weighted by Crippen LogP contribution is 2.55. The molecule has 1 aliphatic carbocycles. The van der Waals surface area contributed by atoms with E-state index in [9.17, 15) is 0 Å². The van der Waals surface area contributed by atoms with E-state index in [0.29, 0.717) is 5.25 Å². The first-order valence-corrected chi connectivity index (χ1v) is 6.73. The van der Waals surface area contributed by atoms with Crippen LogP contribution < -0.4 is 0 Å². The molecule has 1 aromatic rings. The van der Waals surface area contributed by atoms with Crippen molar-refractivity contribution in [3.8, 4) is 0 Å². The van der Waals surface area contributed by atoms with Crippen molar-refractivity contribution < 1.29 is 0 Å². The molecule has 0 N–H and O–H groups in total. The lowest BCUT2D eigenvalue weighted by molar-refractivity contribution is 0.574. The lowest BCUT2D eigenvalue weighted by Crippen LogP contribution is -2.30. The van der Waals surface area contributed by atoms with E-state index in [-0.39, 0.29) is 5.41 Å². The number of rotatable bonds is 1. The van der Waals surface area contributed by atoms with Gasteiger partial charge in [-0.25, -0.2) is 0 Å². The average Bonchev–Trinajstić information content (AvgIpc) is 2.85. The molecular formula is C15H16S. The third-order valence-electron chi connectivity index (χ3n) is 3.95. The van der Waals surface area contributed by atoms with Crippen LogP contribution in [0.3, 0.4) is 0 Å². The molecule has 16 heavy (non-hydrogen) atoms. The van der Waals surface area contributed by atoms with E-state index in [1.807, 2.05) is 0 Å². The van der Waals surface area contributed by atoms with E-state index in [1.54, 1.807) is 10.5 Å². The van der Waals surface area contributed by atoms with Gasteiger partial charge in [-0.1, -0.05) is 56.3 Å². The minimum atomic E-state index is 0.203. The van der Waals surface area contributed by atoms with Gasteiger partial charge in [-0.2, -0.15) is 0 Å². The van der Waals surface area contributed by atoms with Crippen molar-refractivity contribution >= 4 is 11.8 Å². The highest BCUT2D eigenvalue weighted by molar-refractivity contribution is 8.04. The largest absolute Gasteiger partial charge is 0.126 e. The van der Waals surface area contributed by atoms with Crippen LogP contribution in [-0.4, -0.2) is 5.25 Å². The Balaban J connectivity index is 2.13. The van der Waals surface area contributed by atoms with Crippen molar-refractivity contribution in [3.63, 3.8) is 0 Å². The van der Waals surface area contributed by atoms with Gasteiger partial charge in [0.1, 0.15) is 0 Å². The summed E-state index contributed by atoms with van der Waals surface area (Å²) in [6, 6.07) is 10.9. The molecule has 0 saturated carbocycles. The normalized spacial score (nSPS) is 32.2. The molecule has 0 amide bonds. The monoisotopic (exact) mass is 228 g/mol. The van der Waals surface area contributed by atoms with Crippen molar-refractivity contribution in [1.29, 1.82) is 0 Å². The molecule has 0 bridgehead atoms. The minimum Gasteiger partial charge on any atom is -0.126 e. The van der Waals surface area contributed by atoms with Crippen molar-refractivity contribution in [2.75, 3.05) is 0 Å². The van der Waals surface area contributed by atoms with E-state index < -0.39 is 0 Å². The Bertz CT molecular complexity index is 469. The number of thioether (sulfide) groups is 1. The predicted octanol–water partition coefficient (Wildman–Crippen LogP) is 4.29. The second-order valence-electron chi connectivity index (χ2n) is 4.77. The Morgan fingerprint density at radius 3 is 2.75 bits per heavy atom. The Labute approximate surface area is 101 Å². The summed E-state index contributed by atoms with van der Waals surface area (Å²) in [5.41, 5.74) is 3.21. The SMILES string of the molecule is CC1SC2=C(C=CC2)C1(C)c1ccccc1. The van der Waals surface area contributed by atoms with E-state index in [1.165, 1.54) is 5.56 Å². The third-order valence-corrected chi connectivity index (χ3v) is 5.45. The number of hydrogen-bond acceptors (Lipinski definition) is 1. The van der Waals surface area contributed by atoms with Gasteiger partial charge in [0.15, 0.2) is 0 Å². The van der Waals surface area contributed by atoms with Gasteiger partial charge in [0.2, 0.25) is 0 Å². The van der Waals surface area contributed by atoms with Gasteiger partial charge in [-0.15, -0.1) is 11.8 Å². The van der Waals surface area contributed by atoms with E-state index in [4.69, 9.17) is 0 Å². The van der Waals surface area contributed by atoms with Crippen LogP contribution in [0.5, 0.6) is 0 Å². The Hall–Kier alpha value is -0.950. The second kappa shape index (κ2) is 3.53. The fourth-order valence-electron chi connectivity index (χ4n) is 2.79. The lowest BCUT2D eigenvalue weighted by atomic mass is 9.74. The van der Waals surface area contributed by atoms with Crippen LogP contribution in [0.15, 0.2) is 53.0 Å². The van der Waals surface area contributed by atoms with Crippen molar-refractivity contribution in [1.82, 2.24) is 0 Å². The smallest absolute Gasteiger partial charge is 0.0301 e. The van der Waals surface area contributed by atoms with Crippen LogP contribution in [0, 0.1) is 0 Å². The summed E-state index contributed by atoms with van der Waals surface area (Å²) >= 11 is 2.06. The molecule has 82 valence electrons. The zero-order valence-electron chi connectivity index (χ0n) is 9.73. The first-order valence-electron chi connectivity index (χ1n) is 5.85. The van der Waals surface area contributed by atoms with Gasteiger partial charge in [-0.05, 0) is 22.5 Å². The highest BCUT2D eigenvalue weighted by Gasteiger charge is 2.44. The maximum Gasteiger partial charge on any atom is 0.0301 e. The Morgan fingerprint density at radius 2 is 2.00 bits per heavy atom. The standard InChI is InChI=1S/C15H16S/c1-11-15(2,12-7-4-3-5-8-12)13-9-6-10-14(13)16-11/h3-9,11H,10H2,1-2H3. The van der Waals surface area contributed by atoms with Gasteiger partial charge in [-0.3, -0.25) is 0 Å². The number of hydrogen-bond donors (Lipinski definition) is 0. The topological polar surface area (TPSA) is 0 Å². The summed E-state index contributed by atoms with van der Waals surface area (Å²) < 4.78 is 0. The van der Waals surface area contributed by atoms with E-state index in [0.717, 1.165) is 6.42 Å².